The Labute approximate surface area is 187 Å². The Balaban J connectivity index is 2.07. The zero-order valence-corrected chi connectivity index (χ0v) is 18.8. The third-order valence-corrected chi connectivity index (χ3v) is 4.84. The predicted octanol–water partition coefficient (Wildman–Crippen LogP) is 3.49. The van der Waals surface area contributed by atoms with Crippen molar-refractivity contribution in [2.24, 2.45) is 5.92 Å². The van der Waals surface area contributed by atoms with Crippen molar-refractivity contribution >= 4 is 11.8 Å². The smallest absolute Gasteiger partial charge is 0.272 e. The Hall–Kier alpha value is -3.10. The van der Waals surface area contributed by atoms with Gasteiger partial charge in [0.05, 0.1) is 17.3 Å². The molecule has 7 nitrogen and oxygen atoms in total. The molecule has 0 spiro atoms. The van der Waals surface area contributed by atoms with Crippen molar-refractivity contribution in [3.05, 3.63) is 53.0 Å². The van der Waals surface area contributed by atoms with Crippen molar-refractivity contribution in [3.63, 3.8) is 0 Å². The van der Waals surface area contributed by atoms with Gasteiger partial charge < -0.3 is 15.4 Å². The number of amides is 2. The summed E-state index contributed by atoms with van der Waals surface area (Å²) in [7, 11) is 0. The summed E-state index contributed by atoms with van der Waals surface area (Å²) in [4.78, 5) is 33.1. The lowest BCUT2D eigenvalue weighted by atomic mass is 10.1. The van der Waals surface area contributed by atoms with Crippen LogP contribution in [0.5, 0.6) is 5.88 Å². The lowest BCUT2D eigenvalue weighted by Gasteiger charge is -2.17. The van der Waals surface area contributed by atoms with Crippen LogP contribution < -0.4 is 15.4 Å². The molecule has 2 N–H and O–H groups in total. The Morgan fingerprint density at radius 2 is 1.94 bits per heavy atom. The summed E-state index contributed by atoms with van der Waals surface area (Å²) in [6, 6.07) is 4.79. The number of carbonyl (C=O) groups excluding carboxylic acids is 2. The van der Waals surface area contributed by atoms with Crippen molar-refractivity contribution in [1.82, 2.24) is 20.6 Å². The number of alkyl halides is 2. The maximum atomic E-state index is 12.9. The van der Waals surface area contributed by atoms with E-state index in [0.29, 0.717) is 36.2 Å². The average molecular weight is 449 g/mol. The summed E-state index contributed by atoms with van der Waals surface area (Å²) in [6.07, 6.45) is 1.52. The van der Waals surface area contributed by atoms with Crippen LogP contribution in [0.15, 0.2) is 30.6 Å². The molecule has 1 atom stereocenters. The number of rotatable bonds is 11. The average Bonchev–Trinajstić information content (AvgIpc) is 2.77. The van der Waals surface area contributed by atoms with E-state index in [1.807, 2.05) is 27.7 Å². The minimum atomic E-state index is -2.58. The number of aryl methyl sites for hydroxylation is 1. The number of ether oxygens (including phenoxy) is 1. The van der Waals surface area contributed by atoms with Crippen molar-refractivity contribution in [1.29, 1.82) is 0 Å². The molecular formula is C23H30F2N4O3. The first-order chi connectivity index (χ1) is 15.2. The van der Waals surface area contributed by atoms with Crippen molar-refractivity contribution in [2.45, 2.75) is 53.0 Å². The van der Waals surface area contributed by atoms with Crippen LogP contribution in [0.1, 0.15) is 60.9 Å². The first-order valence-corrected chi connectivity index (χ1v) is 10.6. The number of carbonyl (C=O) groups is 2. The molecule has 0 bridgehead atoms. The normalized spacial score (nSPS) is 12.0. The molecule has 0 aliphatic heterocycles. The highest BCUT2D eigenvalue weighted by molar-refractivity contribution is 5.95. The lowest BCUT2D eigenvalue weighted by Crippen LogP contribution is -2.31. The van der Waals surface area contributed by atoms with Gasteiger partial charge in [-0.05, 0) is 37.1 Å². The van der Waals surface area contributed by atoms with E-state index in [0.717, 1.165) is 5.56 Å². The van der Waals surface area contributed by atoms with E-state index in [9.17, 15) is 18.4 Å². The second kappa shape index (κ2) is 12.1. The van der Waals surface area contributed by atoms with Gasteiger partial charge in [-0.2, -0.15) is 0 Å². The second-order valence-corrected chi connectivity index (χ2v) is 7.68. The number of nitrogens with zero attached hydrogens (tertiary/aromatic N) is 2. The minimum absolute atomic E-state index is 0.0549. The van der Waals surface area contributed by atoms with Gasteiger partial charge in [-0.1, -0.05) is 20.8 Å². The molecule has 32 heavy (non-hydrogen) atoms. The molecule has 2 heterocycles. The van der Waals surface area contributed by atoms with E-state index in [4.69, 9.17) is 4.74 Å². The van der Waals surface area contributed by atoms with Gasteiger partial charge >= 0.3 is 0 Å². The fraction of sp³-hybridized carbons (Fsp3) is 0.478. The maximum absolute atomic E-state index is 12.9. The molecule has 0 aliphatic rings. The molecule has 2 amide bonds. The van der Waals surface area contributed by atoms with Crippen LogP contribution in [0.3, 0.4) is 0 Å². The van der Waals surface area contributed by atoms with Crippen LogP contribution in [0, 0.1) is 5.92 Å². The third kappa shape index (κ3) is 7.25. The summed E-state index contributed by atoms with van der Waals surface area (Å²) in [5.41, 5.74) is 2.43. The topological polar surface area (TPSA) is 93.2 Å². The van der Waals surface area contributed by atoms with E-state index >= 15 is 0 Å². The van der Waals surface area contributed by atoms with Crippen LogP contribution in [0.25, 0.3) is 0 Å². The van der Waals surface area contributed by atoms with Crippen molar-refractivity contribution < 1.29 is 23.1 Å². The molecule has 1 unspecified atom stereocenters. The molecular weight excluding hydrogens is 418 g/mol. The van der Waals surface area contributed by atoms with Crippen LogP contribution >= 0.6 is 0 Å². The van der Waals surface area contributed by atoms with E-state index in [-0.39, 0.29) is 29.7 Å². The van der Waals surface area contributed by atoms with Gasteiger partial charge in [0.25, 0.3) is 12.3 Å². The van der Waals surface area contributed by atoms with E-state index in [1.54, 1.807) is 24.4 Å². The van der Waals surface area contributed by atoms with E-state index in [1.165, 1.54) is 6.20 Å². The third-order valence-electron chi connectivity index (χ3n) is 4.84. The molecule has 0 fully saturated rings. The summed E-state index contributed by atoms with van der Waals surface area (Å²) in [5, 5.41) is 5.75. The monoisotopic (exact) mass is 448 g/mol. The largest absolute Gasteiger partial charge is 0.471 e. The molecule has 0 saturated heterocycles. The highest BCUT2D eigenvalue weighted by atomic mass is 19.3. The van der Waals surface area contributed by atoms with Crippen molar-refractivity contribution in [2.75, 3.05) is 13.2 Å². The molecule has 0 aromatic carbocycles. The Kier molecular flexibility index (Phi) is 9.49. The standard InChI is InChI=1S/C23H30F2N4O3/c1-5-16-11-17(12-28-23(16)32-13-20(24)25)15(4)29-22(31)18-7-6-9-26-19(18)8-10-27-21(30)14(2)3/h6-7,9,11-12,14-15,20H,5,8,10,13H2,1-4H3,(H,27,30)(H,29,31). The van der Waals surface area contributed by atoms with Crippen LogP contribution in [-0.4, -0.2) is 41.4 Å². The highest BCUT2D eigenvalue weighted by Crippen LogP contribution is 2.22. The number of hydrogen-bond donors (Lipinski definition) is 2. The van der Waals surface area contributed by atoms with Crippen LogP contribution in [0.2, 0.25) is 0 Å². The zero-order valence-electron chi connectivity index (χ0n) is 18.8. The number of pyridine rings is 2. The summed E-state index contributed by atoms with van der Waals surface area (Å²) >= 11 is 0. The van der Waals surface area contributed by atoms with E-state index in [2.05, 4.69) is 20.6 Å². The fourth-order valence-corrected chi connectivity index (χ4v) is 2.99. The molecule has 2 aromatic heterocycles. The fourth-order valence-electron chi connectivity index (χ4n) is 2.99. The Morgan fingerprint density at radius 3 is 2.59 bits per heavy atom. The molecule has 0 radical (unpaired) electrons. The summed E-state index contributed by atoms with van der Waals surface area (Å²) in [6.45, 7) is 6.98. The Morgan fingerprint density at radius 1 is 1.19 bits per heavy atom. The van der Waals surface area contributed by atoms with Gasteiger partial charge in [-0.15, -0.1) is 0 Å². The molecule has 2 aromatic rings. The van der Waals surface area contributed by atoms with Crippen LogP contribution in [-0.2, 0) is 17.6 Å². The Bertz CT molecular complexity index is 922. The first-order valence-electron chi connectivity index (χ1n) is 10.6. The summed E-state index contributed by atoms with van der Waals surface area (Å²) < 4.78 is 29.9. The number of hydrogen-bond acceptors (Lipinski definition) is 5. The SMILES string of the molecule is CCc1cc(C(C)NC(=O)c2cccnc2CCNC(=O)C(C)C)cnc1OCC(F)F. The number of halogens is 2. The van der Waals surface area contributed by atoms with Gasteiger partial charge in [0.1, 0.15) is 0 Å². The van der Waals surface area contributed by atoms with E-state index < -0.39 is 13.0 Å². The predicted molar refractivity (Wildman–Crippen MR) is 117 cm³/mol. The molecule has 174 valence electrons. The quantitative estimate of drug-likeness (QED) is 0.549. The molecule has 0 aliphatic carbocycles. The number of nitrogens with one attached hydrogen (secondary N) is 2. The first kappa shape index (κ1) is 25.2. The van der Waals surface area contributed by atoms with Gasteiger partial charge in [-0.3, -0.25) is 14.6 Å². The molecule has 2 rings (SSSR count). The maximum Gasteiger partial charge on any atom is 0.272 e. The zero-order chi connectivity index (χ0) is 23.7. The lowest BCUT2D eigenvalue weighted by molar-refractivity contribution is -0.123. The second-order valence-electron chi connectivity index (χ2n) is 7.68. The molecule has 0 saturated carbocycles. The van der Waals surface area contributed by atoms with Gasteiger partial charge in [0.15, 0.2) is 6.61 Å². The highest BCUT2D eigenvalue weighted by Gasteiger charge is 2.18. The van der Waals surface area contributed by atoms with Crippen LogP contribution in [0.4, 0.5) is 8.78 Å². The van der Waals surface area contributed by atoms with Gasteiger partial charge in [-0.25, -0.2) is 13.8 Å². The molecule has 9 heteroatoms. The minimum Gasteiger partial charge on any atom is -0.471 e. The number of aromatic nitrogens is 2. The van der Waals surface area contributed by atoms with Gasteiger partial charge in [0.2, 0.25) is 11.8 Å². The summed E-state index contributed by atoms with van der Waals surface area (Å²) in [5.74, 6) is -0.295. The van der Waals surface area contributed by atoms with Gasteiger partial charge in [0, 0.05) is 36.8 Å². The van der Waals surface area contributed by atoms with Crippen molar-refractivity contribution in [3.8, 4) is 5.88 Å².